The summed E-state index contributed by atoms with van der Waals surface area (Å²) < 4.78 is 0. The van der Waals surface area contributed by atoms with Crippen molar-refractivity contribution in [2.45, 2.75) is 37.6 Å². The molecule has 0 spiro atoms. The number of para-hydroxylation sites is 1. The average molecular weight is 472 g/mol. The number of nitrogens with one attached hydrogen (secondary N) is 3. The molecule has 3 aromatic rings. The molecule has 1 heterocycles. The Bertz CT molecular complexity index is 1210. The van der Waals surface area contributed by atoms with Gasteiger partial charge in [-0.1, -0.05) is 54.6 Å². The zero-order chi connectivity index (χ0) is 23.3. The van der Waals surface area contributed by atoms with Gasteiger partial charge in [0.25, 0.3) is 5.56 Å². The molecule has 3 rings (SSSR count). The number of carbonyl (C=O) groups is 2. The van der Waals surface area contributed by atoms with Gasteiger partial charge in [-0.2, -0.15) is 0 Å². The highest BCUT2D eigenvalue weighted by Crippen LogP contribution is 2.26. The number of carbonyl (C=O) groups excluding carboxylic acids is 2. The van der Waals surface area contributed by atoms with Crippen LogP contribution in [-0.2, 0) is 9.59 Å². The summed E-state index contributed by atoms with van der Waals surface area (Å²) in [6, 6.07) is 12.1. The van der Waals surface area contributed by atoms with Crippen molar-refractivity contribution < 1.29 is 9.59 Å². The van der Waals surface area contributed by atoms with Gasteiger partial charge in [0.2, 0.25) is 11.8 Å². The lowest BCUT2D eigenvalue weighted by atomic mass is 10.1. The Balaban J connectivity index is 1.78. The molecular weight excluding hydrogens is 450 g/mol. The fourth-order valence-electron chi connectivity index (χ4n) is 2.89. The number of H-pyrrole nitrogens is 1. The molecule has 2 aromatic carbocycles. The average Bonchev–Trinajstić information content (AvgIpc) is 2.75. The summed E-state index contributed by atoms with van der Waals surface area (Å²) >= 11 is 7.24. The summed E-state index contributed by atoms with van der Waals surface area (Å²) in [7, 11) is 0. The van der Waals surface area contributed by atoms with Crippen LogP contribution < -0.4 is 16.2 Å². The molecule has 0 aliphatic carbocycles. The molecule has 0 bridgehead atoms. The number of hydrogen-bond acceptors (Lipinski definition) is 6. The molecule has 1 aromatic heterocycles. The van der Waals surface area contributed by atoms with Gasteiger partial charge in [0.15, 0.2) is 10.9 Å². The number of halogens is 1. The van der Waals surface area contributed by atoms with Crippen molar-refractivity contribution in [2.24, 2.45) is 0 Å². The lowest BCUT2D eigenvalue weighted by Gasteiger charge is -2.14. The Labute approximate surface area is 194 Å². The minimum Gasteiger partial charge on any atom is -0.326 e. The second-order valence-corrected chi connectivity index (χ2v) is 8.60. The molecule has 10 heteroatoms. The maximum atomic E-state index is 12.7. The van der Waals surface area contributed by atoms with Crippen molar-refractivity contribution >= 4 is 46.6 Å². The molecular formula is C22H22ClN5O3S. The van der Waals surface area contributed by atoms with E-state index in [2.05, 4.69) is 25.8 Å². The maximum absolute atomic E-state index is 12.7. The Morgan fingerprint density at radius 3 is 2.56 bits per heavy atom. The molecule has 166 valence electrons. The van der Waals surface area contributed by atoms with E-state index in [0.717, 1.165) is 17.3 Å². The summed E-state index contributed by atoms with van der Waals surface area (Å²) in [6.45, 7) is 5.13. The van der Waals surface area contributed by atoms with Gasteiger partial charge in [-0.25, -0.2) is 0 Å². The third kappa shape index (κ3) is 5.74. The van der Waals surface area contributed by atoms with E-state index in [-0.39, 0.29) is 22.7 Å². The van der Waals surface area contributed by atoms with Crippen molar-refractivity contribution in [1.82, 2.24) is 15.2 Å². The van der Waals surface area contributed by atoms with E-state index in [9.17, 15) is 14.4 Å². The monoisotopic (exact) mass is 471 g/mol. The van der Waals surface area contributed by atoms with E-state index in [4.69, 9.17) is 11.6 Å². The van der Waals surface area contributed by atoms with Crippen LogP contribution >= 0.6 is 23.4 Å². The molecule has 0 fully saturated rings. The summed E-state index contributed by atoms with van der Waals surface area (Å²) in [5.41, 5.74) is 2.02. The first kappa shape index (κ1) is 23.5. The molecule has 0 radical (unpaired) electrons. The number of aryl methyl sites for hydroxylation is 1. The first-order valence-electron chi connectivity index (χ1n) is 9.86. The lowest BCUT2D eigenvalue weighted by molar-refractivity contribution is -0.116. The predicted octanol–water partition coefficient (Wildman–Crippen LogP) is 4.26. The number of rotatable bonds is 7. The number of aromatic nitrogens is 3. The minimum absolute atomic E-state index is 0.0745. The largest absolute Gasteiger partial charge is 0.326 e. The van der Waals surface area contributed by atoms with Crippen LogP contribution in [0.15, 0.2) is 52.4 Å². The van der Waals surface area contributed by atoms with Gasteiger partial charge in [-0.15, -0.1) is 10.2 Å². The molecule has 0 aliphatic heterocycles. The maximum Gasteiger partial charge on any atom is 0.278 e. The van der Waals surface area contributed by atoms with Crippen LogP contribution in [0.1, 0.15) is 25.8 Å². The predicted molar refractivity (Wildman–Crippen MR) is 127 cm³/mol. The molecule has 8 nitrogen and oxygen atoms in total. The zero-order valence-electron chi connectivity index (χ0n) is 17.7. The highest BCUT2D eigenvalue weighted by Gasteiger charge is 2.21. The molecule has 1 atom stereocenters. The van der Waals surface area contributed by atoms with E-state index in [1.807, 2.05) is 19.9 Å². The number of benzene rings is 2. The first-order valence-corrected chi connectivity index (χ1v) is 11.1. The molecule has 0 saturated heterocycles. The summed E-state index contributed by atoms with van der Waals surface area (Å²) in [5.74, 6) is -0.499. The van der Waals surface area contributed by atoms with Gasteiger partial charge in [0.1, 0.15) is 0 Å². The van der Waals surface area contributed by atoms with Crippen molar-refractivity contribution in [3.8, 4) is 11.3 Å². The number of anilines is 2. The van der Waals surface area contributed by atoms with Crippen LogP contribution in [0.2, 0.25) is 5.02 Å². The molecule has 0 unspecified atom stereocenters. The zero-order valence-corrected chi connectivity index (χ0v) is 19.3. The Hall–Kier alpha value is -3.17. The summed E-state index contributed by atoms with van der Waals surface area (Å²) in [4.78, 5) is 39.5. The van der Waals surface area contributed by atoms with Gasteiger partial charge in [-0.3, -0.25) is 19.4 Å². The normalized spacial score (nSPS) is 11.6. The number of nitrogens with zero attached hydrogens (tertiary/aromatic N) is 2. The van der Waals surface area contributed by atoms with E-state index in [1.54, 1.807) is 36.4 Å². The van der Waals surface area contributed by atoms with Crippen LogP contribution in [0.5, 0.6) is 0 Å². The second-order valence-electron chi connectivity index (χ2n) is 7.00. The van der Waals surface area contributed by atoms with E-state index in [0.29, 0.717) is 28.4 Å². The molecule has 3 N–H and O–H groups in total. The van der Waals surface area contributed by atoms with Crippen LogP contribution in [0, 0.1) is 6.92 Å². The third-order valence-corrected chi connectivity index (χ3v) is 6.17. The lowest BCUT2D eigenvalue weighted by Crippen LogP contribution is -2.25. The fourth-order valence-corrected chi connectivity index (χ4v) is 3.91. The first-order chi connectivity index (χ1) is 15.3. The quantitative estimate of drug-likeness (QED) is 0.443. The molecule has 32 heavy (non-hydrogen) atoms. The van der Waals surface area contributed by atoms with Crippen molar-refractivity contribution in [2.75, 3.05) is 10.6 Å². The standard InChI is InChI=1S/C22H22ClN5O3S/c1-4-18(20(30)25-14-10-9-12(2)16(23)11-14)32-22-26-21(31)19(27-28-22)15-7-5-6-8-17(15)24-13(3)29/h5-11,18H,4H2,1-3H3,(H,24,29)(H,25,30)(H,26,28,31)/t18-/m1/s1. The van der Waals surface area contributed by atoms with E-state index >= 15 is 0 Å². The van der Waals surface area contributed by atoms with Crippen molar-refractivity contribution in [3.63, 3.8) is 0 Å². The van der Waals surface area contributed by atoms with Crippen LogP contribution in [0.25, 0.3) is 11.3 Å². The van der Waals surface area contributed by atoms with Crippen LogP contribution in [0.3, 0.4) is 0 Å². The number of hydrogen-bond donors (Lipinski definition) is 3. The van der Waals surface area contributed by atoms with Crippen LogP contribution in [-0.4, -0.2) is 32.2 Å². The summed E-state index contributed by atoms with van der Waals surface area (Å²) in [5, 5.41) is 13.9. The van der Waals surface area contributed by atoms with Gasteiger partial charge in [-0.05, 0) is 37.1 Å². The fraction of sp³-hybridized carbons (Fsp3) is 0.227. The van der Waals surface area contributed by atoms with E-state index in [1.165, 1.54) is 6.92 Å². The topological polar surface area (TPSA) is 117 Å². The van der Waals surface area contributed by atoms with Gasteiger partial charge in [0, 0.05) is 23.2 Å². The number of thioether (sulfide) groups is 1. The Morgan fingerprint density at radius 2 is 1.91 bits per heavy atom. The van der Waals surface area contributed by atoms with Gasteiger partial charge >= 0.3 is 0 Å². The van der Waals surface area contributed by atoms with E-state index < -0.39 is 10.8 Å². The summed E-state index contributed by atoms with van der Waals surface area (Å²) in [6.07, 6.45) is 0.507. The smallest absolute Gasteiger partial charge is 0.278 e. The Morgan fingerprint density at radius 1 is 1.16 bits per heavy atom. The van der Waals surface area contributed by atoms with Gasteiger partial charge < -0.3 is 10.6 Å². The third-order valence-electron chi connectivity index (χ3n) is 4.53. The van der Waals surface area contributed by atoms with Gasteiger partial charge in [0.05, 0.1) is 10.9 Å². The van der Waals surface area contributed by atoms with Crippen molar-refractivity contribution in [1.29, 1.82) is 0 Å². The Kier molecular flexibility index (Phi) is 7.66. The van der Waals surface area contributed by atoms with Crippen LogP contribution in [0.4, 0.5) is 11.4 Å². The van der Waals surface area contributed by atoms with Crippen molar-refractivity contribution in [3.05, 3.63) is 63.4 Å². The molecule has 0 saturated carbocycles. The highest BCUT2D eigenvalue weighted by molar-refractivity contribution is 8.00. The number of aromatic amines is 1. The minimum atomic E-state index is -0.502. The molecule has 0 aliphatic rings. The molecule has 2 amide bonds. The number of amides is 2. The second kappa shape index (κ2) is 10.4. The SMILES string of the molecule is CC[C@@H](Sc1nnc(-c2ccccc2NC(C)=O)c(=O)[nH]1)C(=O)Nc1ccc(C)c(Cl)c1. The highest BCUT2D eigenvalue weighted by atomic mass is 35.5.